The summed E-state index contributed by atoms with van der Waals surface area (Å²) >= 11 is 0. The average molecular weight is 309 g/mol. The first-order chi connectivity index (χ1) is 10.3. The summed E-state index contributed by atoms with van der Waals surface area (Å²) in [6, 6.07) is 4.78. The zero-order valence-corrected chi connectivity index (χ0v) is 11.8. The zero-order chi connectivity index (χ0) is 16.3. The lowest BCUT2D eigenvalue weighted by atomic mass is 10.2. The Morgan fingerprint density at radius 2 is 2.18 bits per heavy atom. The number of nitrogens with one attached hydrogen (secondary N) is 1. The van der Waals surface area contributed by atoms with E-state index >= 15 is 0 Å². The molecule has 1 amide bonds. The molecule has 0 aliphatic carbocycles. The number of benzene rings is 1. The van der Waals surface area contributed by atoms with Crippen molar-refractivity contribution >= 4 is 5.91 Å². The highest BCUT2D eigenvalue weighted by molar-refractivity contribution is 5.95. The minimum absolute atomic E-state index is 0.245. The molecule has 0 saturated carbocycles. The number of nitrogens with zero attached hydrogens (tertiary/aromatic N) is 2. The van der Waals surface area contributed by atoms with Crippen LogP contribution in [0.4, 0.5) is 13.2 Å². The quantitative estimate of drug-likeness (QED) is 0.882. The predicted molar refractivity (Wildman–Crippen MR) is 75.8 cm³/mol. The van der Waals surface area contributed by atoms with Gasteiger partial charge in [0.15, 0.2) is 0 Å². The average Bonchev–Trinajstić information content (AvgIpc) is 2.86. The van der Waals surface area contributed by atoms with Crippen LogP contribution in [0.3, 0.4) is 0 Å². The monoisotopic (exact) mass is 309 g/mol. The van der Waals surface area contributed by atoms with Crippen molar-refractivity contribution < 1.29 is 18.0 Å². The first-order valence-electron chi connectivity index (χ1n) is 6.46. The van der Waals surface area contributed by atoms with Gasteiger partial charge in [-0.1, -0.05) is 12.1 Å². The summed E-state index contributed by atoms with van der Waals surface area (Å²) in [5, 5.41) is 6.60. The van der Waals surface area contributed by atoms with Crippen molar-refractivity contribution in [1.29, 1.82) is 0 Å². The van der Waals surface area contributed by atoms with Gasteiger partial charge in [0, 0.05) is 6.54 Å². The molecule has 1 aromatic carbocycles. The largest absolute Gasteiger partial charge is 0.416 e. The Morgan fingerprint density at radius 3 is 2.82 bits per heavy atom. The number of carbonyl (C=O) groups excluding carboxylic acids is 1. The van der Waals surface area contributed by atoms with E-state index < -0.39 is 11.7 Å². The highest BCUT2D eigenvalue weighted by Gasteiger charge is 2.30. The van der Waals surface area contributed by atoms with Gasteiger partial charge in [-0.25, -0.2) is 4.68 Å². The Hall–Kier alpha value is -2.57. The highest BCUT2D eigenvalue weighted by atomic mass is 19.4. The summed E-state index contributed by atoms with van der Waals surface area (Å²) < 4.78 is 39.6. The first-order valence-corrected chi connectivity index (χ1v) is 6.46. The van der Waals surface area contributed by atoms with Gasteiger partial charge < -0.3 is 5.32 Å². The van der Waals surface area contributed by atoms with Gasteiger partial charge in [-0.2, -0.15) is 18.3 Å². The normalized spacial score (nSPS) is 11.3. The second-order valence-electron chi connectivity index (χ2n) is 4.60. The summed E-state index contributed by atoms with van der Waals surface area (Å²) in [5.41, 5.74) is 0.243. The third kappa shape index (κ3) is 3.19. The van der Waals surface area contributed by atoms with Gasteiger partial charge in [0.2, 0.25) is 0 Å². The Balaban J connectivity index is 2.37. The van der Waals surface area contributed by atoms with E-state index in [4.69, 9.17) is 0 Å². The van der Waals surface area contributed by atoms with Crippen molar-refractivity contribution in [2.45, 2.75) is 13.1 Å². The molecule has 0 aliphatic rings. The van der Waals surface area contributed by atoms with Crippen molar-refractivity contribution in [3.8, 4) is 5.69 Å². The van der Waals surface area contributed by atoms with Gasteiger partial charge in [-0.05, 0) is 25.1 Å². The third-order valence-corrected chi connectivity index (χ3v) is 3.08. The van der Waals surface area contributed by atoms with E-state index in [0.29, 0.717) is 17.8 Å². The molecule has 0 bridgehead atoms. The maximum absolute atomic E-state index is 12.8. The van der Waals surface area contributed by atoms with Crippen LogP contribution in [-0.4, -0.2) is 22.2 Å². The molecule has 116 valence electrons. The number of hydrogen-bond acceptors (Lipinski definition) is 2. The molecule has 2 rings (SSSR count). The van der Waals surface area contributed by atoms with Crippen LogP contribution in [0.25, 0.3) is 5.69 Å². The SMILES string of the molecule is C=CCNC(=O)c1cnn(-c2cccc(C(F)(F)F)c2)c1C. The Morgan fingerprint density at radius 1 is 1.45 bits per heavy atom. The molecule has 7 heteroatoms. The minimum atomic E-state index is -4.43. The van der Waals surface area contributed by atoms with Crippen LogP contribution in [0.15, 0.2) is 43.1 Å². The maximum Gasteiger partial charge on any atom is 0.416 e. The molecule has 0 unspecified atom stereocenters. The van der Waals surface area contributed by atoms with Crippen molar-refractivity contribution in [3.63, 3.8) is 0 Å². The van der Waals surface area contributed by atoms with Crippen LogP contribution >= 0.6 is 0 Å². The van der Waals surface area contributed by atoms with Gasteiger partial charge >= 0.3 is 6.18 Å². The Bertz CT molecular complexity index is 704. The van der Waals surface area contributed by atoms with Gasteiger partial charge in [-0.3, -0.25) is 4.79 Å². The molecule has 1 N–H and O–H groups in total. The van der Waals surface area contributed by atoms with E-state index in [1.807, 2.05) is 0 Å². The lowest BCUT2D eigenvalue weighted by molar-refractivity contribution is -0.137. The van der Waals surface area contributed by atoms with Crippen molar-refractivity contribution in [2.24, 2.45) is 0 Å². The summed E-state index contributed by atoms with van der Waals surface area (Å²) in [4.78, 5) is 11.9. The fourth-order valence-electron chi connectivity index (χ4n) is 1.97. The fraction of sp³-hybridized carbons (Fsp3) is 0.200. The molecule has 0 fully saturated rings. The lowest BCUT2D eigenvalue weighted by Crippen LogP contribution is -2.23. The number of aromatic nitrogens is 2. The summed E-state index contributed by atoms with van der Waals surface area (Å²) in [6.45, 7) is 5.41. The molecule has 1 aromatic heterocycles. The highest BCUT2D eigenvalue weighted by Crippen LogP contribution is 2.30. The van der Waals surface area contributed by atoms with E-state index in [1.54, 1.807) is 6.92 Å². The zero-order valence-electron chi connectivity index (χ0n) is 11.8. The molecule has 0 spiro atoms. The van der Waals surface area contributed by atoms with Crippen LogP contribution in [-0.2, 0) is 6.18 Å². The van der Waals surface area contributed by atoms with E-state index in [0.717, 1.165) is 12.1 Å². The van der Waals surface area contributed by atoms with Gasteiger partial charge in [0.25, 0.3) is 5.91 Å². The van der Waals surface area contributed by atoms with E-state index in [9.17, 15) is 18.0 Å². The molecule has 4 nitrogen and oxygen atoms in total. The summed E-state index contributed by atoms with van der Waals surface area (Å²) in [7, 11) is 0. The Labute approximate surface area is 125 Å². The topological polar surface area (TPSA) is 46.9 Å². The molecular weight excluding hydrogens is 295 g/mol. The van der Waals surface area contributed by atoms with Crippen molar-refractivity contribution in [3.05, 3.63) is 59.9 Å². The minimum Gasteiger partial charge on any atom is -0.348 e. The second kappa shape index (κ2) is 6.05. The molecule has 0 aliphatic heterocycles. The Kier molecular flexibility index (Phi) is 4.35. The van der Waals surface area contributed by atoms with Crippen LogP contribution in [0.5, 0.6) is 0 Å². The maximum atomic E-state index is 12.8. The number of hydrogen-bond donors (Lipinski definition) is 1. The van der Waals surface area contributed by atoms with E-state index in [2.05, 4.69) is 17.0 Å². The van der Waals surface area contributed by atoms with Crippen LogP contribution in [0, 0.1) is 6.92 Å². The number of alkyl halides is 3. The summed E-state index contributed by atoms with van der Waals surface area (Å²) in [6.07, 6.45) is -1.57. The van der Waals surface area contributed by atoms with Gasteiger partial charge in [0.05, 0.1) is 28.7 Å². The first kappa shape index (κ1) is 15.8. The smallest absolute Gasteiger partial charge is 0.348 e. The molecule has 22 heavy (non-hydrogen) atoms. The van der Waals surface area contributed by atoms with Crippen molar-refractivity contribution in [1.82, 2.24) is 15.1 Å². The summed E-state index contributed by atoms with van der Waals surface area (Å²) in [5.74, 6) is -0.351. The van der Waals surface area contributed by atoms with Gasteiger partial charge in [-0.15, -0.1) is 6.58 Å². The number of halogens is 3. The fourth-order valence-corrected chi connectivity index (χ4v) is 1.97. The molecular formula is C15H14F3N3O. The molecule has 1 heterocycles. The van der Waals surface area contributed by atoms with E-state index in [1.165, 1.54) is 29.1 Å². The number of carbonyl (C=O) groups is 1. The second-order valence-corrected chi connectivity index (χ2v) is 4.60. The molecule has 0 radical (unpaired) electrons. The number of rotatable bonds is 4. The molecule has 0 saturated heterocycles. The lowest BCUT2D eigenvalue weighted by Gasteiger charge is -2.10. The van der Waals surface area contributed by atoms with Crippen LogP contribution < -0.4 is 5.32 Å². The van der Waals surface area contributed by atoms with Gasteiger partial charge in [0.1, 0.15) is 0 Å². The van der Waals surface area contributed by atoms with Crippen LogP contribution in [0.2, 0.25) is 0 Å². The predicted octanol–water partition coefficient (Wildman–Crippen LogP) is 3.12. The van der Waals surface area contributed by atoms with Crippen molar-refractivity contribution in [2.75, 3.05) is 6.54 Å². The molecule has 0 atom stereocenters. The number of amides is 1. The standard InChI is InChI=1S/C15H14F3N3O/c1-3-7-19-14(22)13-9-20-21(10(13)2)12-6-4-5-11(8-12)15(16,17)18/h3-6,8-9H,1,7H2,2H3,(H,19,22). The van der Waals surface area contributed by atoms with Crippen LogP contribution in [0.1, 0.15) is 21.6 Å². The molecule has 2 aromatic rings. The third-order valence-electron chi connectivity index (χ3n) is 3.08. The van der Waals surface area contributed by atoms with E-state index in [-0.39, 0.29) is 11.6 Å².